The largest absolute Gasteiger partial charge is 0.462 e. The van der Waals surface area contributed by atoms with Gasteiger partial charge in [0.25, 0.3) is 0 Å². The van der Waals surface area contributed by atoms with Crippen molar-refractivity contribution in [1.29, 1.82) is 0 Å². The normalized spacial score (nSPS) is 12.9. The number of allylic oxidation sites excluding steroid dienone is 18. The van der Waals surface area contributed by atoms with Crippen LogP contribution in [0.3, 0.4) is 0 Å². The van der Waals surface area contributed by atoms with Crippen LogP contribution in [-0.4, -0.2) is 37.2 Å². The number of carbonyl (C=O) groups is 3. The predicted octanol–water partition coefficient (Wildman–Crippen LogP) is 18.3. The first kappa shape index (κ1) is 63.1. The molecular weight excluding hydrogens is 829 g/mol. The first-order chi connectivity index (χ1) is 33.0. The summed E-state index contributed by atoms with van der Waals surface area (Å²) in [6.07, 6.45) is 73.5. The third-order valence-corrected chi connectivity index (χ3v) is 11.2. The highest BCUT2D eigenvalue weighted by molar-refractivity contribution is 5.71. The summed E-state index contributed by atoms with van der Waals surface area (Å²) in [5.74, 6) is -0.969. The van der Waals surface area contributed by atoms with Crippen LogP contribution in [0, 0.1) is 0 Å². The van der Waals surface area contributed by atoms with Gasteiger partial charge < -0.3 is 14.2 Å². The quantitative estimate of drug-likeness (QED) is 0.0262. The third-order valence-electron chi connectivity index (χ3n) is 11.2. The van der Waals surface area contributed by atoms with E-state index in [-0.39, 0.29) is 31.1 Å². The van der Waals surface area contributed by atoms with E-state index in [4.69, 9.17) is 14.2 Å². The molecule has 0 aromatic rings. The van der Waals surface area contributed by atoms with Gasteiger partial charge in [-0.1, -0.05) is 201 Å². The van der Waals surface area contributed by atoms with Crippen LogP contribution in [0.25, 0.3) is 0 Å². The Labute approximate surface area is 412 Å². The van der Waals surface area contributed by atoms with Crippen LogP contribution < -0.4 is 0 Å². The van der Waals surface area contributed by atoms with Crippen molar-refractivity contribution >= 4 is 17.9 Å². The number of rotatable bonds is 48. The molecule has 0 fully saturated rings. The molecule has 0 amide bonds. The minimum absolute atomic E-state index is 0.105. The van der Waals surface area contributed by atoms with Gasteiger partial charge in [0.05, 0.1) is 0 Å². The van der Waals surface area contributed by atoms with E-state index in [0.717, 1.165) is 148 Å². The number of esters is 3. The Bertz CT molecular complexity index is 1390. The van der Waals surface area contributed by atoms with Gasteiger partial charge in [0.15, 0.2) is 6.10 Å². The van der Waals surface area contributed by atoms with Gasteiger partial charge in [-0.25, -0.2) is 0 Å². The maximum Gasteiger partial charge on any atom is 0.306 e. The number of hydrogen-bond acceptors (Lipinski definition) is 6. The Morgan fingerprint density at radius 3 is 0.925 bits per heavy atom. The maximum absolute atomic E-state index is 12.8. The second kappa shape index (κ2) is 54.7. The van der Waals surface area contributed by atoms with E-state index in [1.807, 2.05) is 0 Å². The highest BCUT2D eigenvalue weighted by atomic mass is 16.6. The molecule has 0 aliphatic heterocycles. The van der Waals surface area contributed by atoms with Crippen molar-refractivity contribution in [3.63, 3.8) is 0 Å². The lowest BCUT2D eigenvalue weighted by molar-refractivity contribution is -0.167. The summed E-state index contributed by atoms with van der Waals surface area (Å²) >= 11 is 0. The van der Waals surface area contributed by atoms with Crippen LogP contribution in [0.2, 0.25) is 0 Å². The van der Waals surface area contributed by atoms with Gasteiger partial charge in [-0.2, -0.15) is 0 Å². The van der Waals surface area contributed by atoms with E-state index >= 15 is 0 Å². The molecule has 0 N–H and O–H groups in total. The topological polar surface area (TPSA) is 78.9 Å². The molecule has 6 heteroatoms. The smallest absolute Gasteiger partial charge is 0.306 e. The molecule has 67 heavy (non-hydrogen) atoms. The van der Waals surface area contributed by atoms with Crippen molar-refractivity contribution in [3.05, 3.63) is 109 Å². The second-order valence-corrected chi connectivity index (χ2v) is 17.7. The lowest BCUT2D eigenvalue weighted by Gasteiger charge is -2.18. The van der Waals surface area contributed by atoms with Crippen molar-refractivity contribution in [2.45, 2.75) is 245 Å². The van der Waals surface area contributed by atoms with E-state index in [1.165, 1.54) is 51.4 Å². The Kier molecular flexibility index (Phi) is 51.5. The van der Waals surface area contributed by atoms with Crippen molar-refractivity contribution < 1.29 is 28.6 Å². The molecule has 0 aliphatic rings. The zero-order valence-electron chi connectivity index (χ0n) is 43.4. The molecule has 0 aromatic heterocycles. The lowest BCUT2D eigenvalue weighted by Crippen LogP contribution is -2.30. The van der Waals surface area contributed by atoms with Gasteiger partial charge in [0.1, 0.15) is 13.2 Å². The highest BCUT2D eigenvalue weighted by Crippen LogP contribution is 2.13. The van der Waals surface area contributed by atoms with Crippen LogP contribution in [0.1, 0.15) is 239 Å². The number of unbranched alkanes of at least 4 members (excludes halogenated alkanes) is 19. The Hall–Kier alpha value is -3.93. The average Bonchev–Trinajstić information content (AvgIpc) is 3.33. The Balaban J connectivity index is 4.51. The molecule has 1 atom stereocenters. The molecule has 6 nitrogen and oxygen atoms in total. The van der Waals surface area contributed by atoms with Gasteiger partial charge in [-0.3, -0.25) is 14.4 Å². The molecule has 380 valence electrons. The van der Waals surface area contributed by atoms with Crippen LogP contribution in [0.5, 0.6) is 0 Å². The molecule has 0 spiro atoms. The summed E-state index contributed by atoms with van der Waals surface area (Å²) in [7, 11) is 0. The summed E-state index contributed by atoms with van der Waals surface area (Å²) in [6, 6.07) is 0. The van der Waals surface area contributed by atoms with E-state index in [1.54, 1.807) is 0 Å². The van der Waals surface area contributed by atoms with Crippen LogP contribution in [-0.2, 0) is 28.6 Å². The number of carbonyl (C=O) groups excluding carboxylic acids is 3. The highest BCUT2D eigenvalue weighted by Gasteiger charge is 2.19. The fraction of sp³-hybridized carbons (Fsp3) is 0.656. The Morgan fingerprint density at radius 2 is 0.582 bits per heavy atom. The summed E-state index contributed by atoms with van der Waals surface area (Å²) in [5, 5.41) is 0. The summed E-state index contributed by atoms with van der Waals surface area (Å²) < 4.78 is 16.8. The molecule has 0 rings (SSSR count). The minimum atomic E-state index is -0.808. The van der Waals surface area contributed by atoms with Crippen LogP contribution in [0.4, 0.5) is 0 Å². The van der Waals surface area contributed by atoms with E-state index in [0.29, 0.717) is 19.3 Å². The molecule has 0 heterocycles. The fourth-order valence-electron chi connectivity index (χ4n) is 7.12. The lowest BCUT2D eigenvalue weighted by atomic mass is 10.1. The molecule has 0 saturated carbocycles. The molecule has 0 aromatic carbocycles. The number of ether oxygens (including phenoxy) is 3. The van der Waals surface area contributed by atoms with Crippen LogP contribution >= 0.6 is 0 Å². The van der Waals surface area contributed by atoms with E-state index < -0.39 is 6.10 Å². The van der Waals surface area contributed by atoms with Crippen molar-refractivity contribution in [1.82, 2.24) is 0 Å². The first-order valence-corrected chi connectivity index (χ1v) is 27.4. The summed E-state index contributed by atoms with van der Waals surface area (Å²) in [4.78, 5) is 38.1. The molecule has 0 bridgehead atoms. The third kappa shape index (κ3) is 52.9. The van der Waals surface area contributed by atoms with Crippen molar-refractivity contribution in [2.24, 2.45) is 0 Å². The fourth-order valence-corrected chi connectivity index (χ4v) is 7.12. The first-order valence-electron chi connectivity index (χ1n) is 27.4. The molecule has 0 saturated heterocycles. The number of hydrogen-bond donors (Lipinski definition) is 0. The molecule has 0 unspecified atom stereocenters. The van der Waals surface area contributed by atoms with Gasteiger partial charge in [-0.05, 0) is 128 Å². The van der Waals surface area contributed by atoms with E-state index in [2.05, 4.69) is 130 Å². The van der Waals surface area contributed by atoms with E-state index in [9.17, 15) is 14.4 Å². The second-order valence-electron chi connectivity index (χ2n) is 17.7. The van der Waals surface area contributed by atoms with Gasteiger partial charge in [0.2, 0.25) is 0 Å². The van der Waals surface area contributed by atoms with Gasteiger partial charge in [-0.15, -0.1) is 0 Å². The zero-order valence-corrected chi connectivity index (χ0v) is 43.4. The molecular formula is C61H100O6. The summed E-state index contributed by atoms with van der Waals surface area (Å²) in [6.45, 7) is 6.41. The predicted molar refractivity (Wildman–Crippen MR) is 288 cm³/mol. The Morgan fingerprint density at radius 1 is 0.313 bits per heavy atom. The zero-order chi connectivity index (χ0) is 48.6. The molecule has 0 radical (unpaired) electrons. The average molecular weight is 929 g/mol. The standard InChI is InChI=1S/C61H100O6/c1-4-7-10-13-16-19-22-25-28-29-30-31-34-36-39-42-45-48-51-54-60(63)66-57-58(67-61(64)55-52-49-46-43-40-37-33-27-24-21-18-15-12-9-6-3)56-65-59(62)53-50-47-44-41-38-35-32-26-23-20-17-14-11-8-5-2/h8,11,16-21,25-28,30-33,36,39,58H,4-7,9-10,12-15,22-24,29,34-35,37-38,40-57H2,1-3H3/b11-8-,19-16-,20-17-,21-18-,28-25-,31-30-,32-26-,33-27-,39-36-/t58-/m1/s1. The summed E-state index contributed by atoms with van der Waals surface area (Å²) in [5.41, 5.74) is 0. The van der Waals surface area contributed by atoms with Gasteiger partial charge >= 0.3 is 17.9 Å². The minimum Gasteiger partial charge on any atom is -0.462 e. The van der Waals surface area contributed by atoms with Crippen LogP contribution in [0.15, 0.2) is 109 Å². The van der Waals surface area contributed by atoms with Gasteiger partial charge in [0, 0.05) is 19.3 Å². The SMILES string of the molecule is CC/C=C\C/C=C\C/C=C\CCCCCCCC(=O)OC[C@H](COC(=O)CCCCC/C=C\C/C=C\C/C=C\C/C=C\CCCCC)OC(=O)CCCCCCC/C=C\C/C=C\CCCCC. The monoisotopic (exact) mass is 929 g/mol. The maximum atomic E-state index is 12.8. The van der Waals surface area contributed by atoms with Crippen molar-refractivity contribution in [2.75, 3.05) is 13.2 Å². The van der Waals surface area contributed by atoms with Crippen molar-refractivity contribution in [3.8, 4) is 0 Å². The molecule has 0 aliphatic carbocycles.